The van der Waals surface area contributed by atoms with Crippen molar-refractivity contribution in [1.29, 1.82) is 0 Å². The molecule has 0 saturated carbocycles. The third-order valence-corrected chi connectivity index (χ3v) is 6.23. The monoisotopic (exact) mass is 356 g/mol. The van der Waals surface area contributed by atoms with Crippen LogP contribution in [0.25, 0.3) is 0 Å². The van der Waals surface area contributed by atoms with E-state index in [4.69, 9.17) is 4.74 Å². The van der Waals surface area contributed by atoms with E-state index in [2.05, 4.69) is 37.3 Å². The second-order valence-electron chi connectivity index (χ2n) is 5.25. The Morgan fingerprint density at radius 1 is 1.10 bits per heavy atom. The zero-order valence-electron chi connectivity index (χ0n) is 13.3. The van der Waals surface area contributed by atoms with Gasteiger partial charge in [0.25, 0.3) is 0 Å². The van der Waals surface area contributed by atoms with Crippen LogP contribution in [-0.4, -0.2) is 27.5 Å². The number of hydrogen-bond acceptors (Lipinski definition) is 2. The maximum absolute atomic E-state index is 11.6. The van der Waals surface area contributed by atoms with E-state index in [0.717, 1.165) is 6.42 Å². The fourth-order valence-corrected chi connectivity index (χ4v) is 4.82. The third kappa shape index (κ3) is 8.95. The number of hydrogen-bond donors (Lipinski definition) is 0. The molecule has 0 aliphatic rings. The molecule has 0 saturated heterocycles. The summed E-state index contributed by atoms with van der Waals surface area (Å²) in [6.07, 6.45) is 7.99. The predicted octanol–water partition coefficient (Wildman–Crippen LogP) is 4.12. The summed E-state index contributed by atoms with van der Waals surface area (Å²) in [7, 11) is 0. The first kappa shape index (κ1) is 18.3. The zero-order chi connectivity index (χ0) is 15.3. The van der Waals surface area contributed by atoms with Crippen LogP contribution in [0, 0.1) is 0 Å². The first-order valence-corrected chi connectivity index (χ1v) is 9.98. The van der Waals surface area contributed by atoms with E-state index >= 15 is 0 Å². The Morgan fingerprint density at radius 3 is 2.52 bits per heavy atom. The van der Waals surface area contributed by atoms with Crippen molar-refractivity contribution in [1.82, 2.24) is 0 Å². The molecule has 2 nitrogen and oxygen atoms in total. The summed E-state index contributed by atoms with van der Waals surface area (Å²) < 4.78 is 6.49. The van der Waals surface area contributed by atoms with E-state index in [1.807, 2.05) is 6.92 Å². The fraction of sp³-hybridized carbons (Fsp3) is 0.611. The van der Waals surface area contributed by atoms with Gasteiger partial charge in [-0.15, -0.1) is 0 Å². The molecule has 0 aliphatic heterocycles. The standard InChI is InChI=1S/C18H28O2Se/c1-3-5-6-8-13-17(14-15-18(19)20-4-2)21-16-11-9-7-10-12-16/h7,9-12,17H,3-6,8,13-15H2,1-2H3. The summed E-state index contributed by atoms with van der Waals surface area (Å²) in [5, 5.41) is 0. The van der Waals surface area contributed by atoms with Gasteiger partial charge in [0.15, 0.2) is 0 Å². The van der Waals surface area contributed by atoms with Gasteiger partial charge in [-0.2, -0.15) is 0 Å². The van der Waals surface area contributed by atoms with Gasteiger partial charge in [-0.25, -0.2) is 0 Å². The van der Waals surface area contributed by atoms with Crippen LogP contribution in [0.5, 0.6) is 0 Å². The van der Waals surface area contributed by atoms with Crippen molar-refractivity contribution in [3.8, 4) is 0 Å². The summed E-state index contributed by atoms with van der Waals surface area (Å²) in [5.41, 5.74) is 0. The predicted molar refractivity (Wildman–Crippen MR) is 90.2 cm³/mol. The molecule has 0 bridgehead atoms. The molecule has 0 spiro atoms. The molecule has 21 heavy (non-hydrogen) atoms. The summed E-state index contributed by atoms with van der Waals surface area (Å²) in [6.45, 7) is 4.60. The van der Waals surface area contributed by atoms with Crippen LogP contribution in [0.3, 0.4) is 0 Å². The summed E-state index contributed by atoms with van der Waals surface area (Å²) in [5.74, 6) is -0.0417. The molecule has 1 unspecified atom stereocenters. The number of carbonyl (C=O) groups is 1. The van der Waals surface area contributed by atoms with Crippen LogP contribution in [-0.2, 0) is 9.53 Å². The van der Waals surface area contributed by atoms with Crippen molar-refractivity contribution in [3.05, 3.63) is 30.3 Å². The van der Waals surface area contributed by atoms with Crippen LogP contribution in [0.1, 0.15) is 58.8 Å². The molecule has 0 amide bonds. The van der Waals surface area contributed by atoms with Crippen molar-refractivity contribution >= 4 is 25.4 Å². The Kier molecular flexibility index (Phi) is 10.3. The van der Waals surface area contributed by atoms with Gasteiger partial charge < -0.3 is 0 Å². The van der Waals surface area contributed by atoms with E-state index in [9.17, 15) is 4.79 Å². The van der Waals surface area contributed by atoms with Gasteiger partial charge in [-0.05, 0) is 0 Å². The average molecular weight is 355 g/mol. The molecular formula is C18H28O2Se. The molecule has 1 rings (SSSR count). The van der Waals surface area contributed by atoms with E-state index in [1.54, 1.807) is 0 Å². The number of carbonyl (C=O) groups excluding carboxylic acids is 1. The van der Waals surface area contributed by atoms with Gasteiger partial charge in [-0.1, -0.05) is 0 Å². The average Bonchev–Trinajstić information content (AvgIpc) is 2.50. The molecule has 0 aliphatic carbocycles. The Labute approximate surface area is 135 Å². The van der Waals surface area contributed by atoms with Gasteiger partial charge in [0.05, 0.1) is 0 Å². The van der Waals surface area contributed by atoms with Crippen LogP contribution >= 0.6 is 0 Å². The van der Waals surface area contributed by atoms with E-state index in [0.29, 0.717) is 32.8 Å². The van der Waals surface area contributed by atoms with Crippen molar-refractivity contribution in [2.24, 2.45) is 0 Å². The molecule has 118 valence electrons. The molecular weight excluding hydrogens is 327 g/mol. The number of esters is 1. The minimum atomic E-state index is -0.0417. The van der Waals surface area contributed by atoms with Crippen molar-refractivity contribution in [2.45, 2.75) is 63.6 Å². The van der Waals surface area contributed by atoms with Gasteiger partial charge in [0.1, 0.15) is 0 Å². The zero-order valence-corrected chi connectivity index (χ0v) is 15.1. The van der Waals surface area contributed by atoms with Crippen LogP contribution in [0.15, 0.2) is 30.3 Å². The SMILES string of the molecule is CCCCCCC(CCC(=O)OCC)[Se]c1ccccc1. The molecule has 0 aromatic heterocycles. The number of ether oxygens (including phenoxy) is 1. The number of unbranched alkanes of at least 4 members (excludes halogenated alkanes) is 3. The van der Waals surface area contributed by atoms with Gasteiger partial charge in [-0.3, -0.25) is 0 Å². The topological polar surface area (TPSA) is 26.3 Å². The molecule has 3 heteroatoms. The number of rotatable bonds is 11. The van der Waals surface area contributed by atoms with Crippen LogP contribution < -0.4 is 4.46 Å². The molecule has 1 aromatic carbocycles. The molecule has 0 heterocycles. The van der Waals surface area contributed by atoms with Crippen molar-refractivity contribution in [2.75, 3.05) is 6.61 Å². The Morgan fingerprint density at radius 2 is 1.86 bits per heavy atom. The van der Waals surface area contributed by atoms with Crippen molar-refractivity contribution in [3.63, 3.8) is 0 Å². The summed E-state index contributed by atoms with van der Waals surface area (Å²) >= 11 is 0.458. The molecule has 0 radical (unpaired) electrons. The van der Waals surface area contributed by atoms with E-state index in [-0.39, 0.29) is 5.97 Å². The maximum atomic E-state index is 11.6. The summed E-state index contributed by atoms with van der Waals surface area (Å²) in [4.78, 5) is 12.2. The molecule has 1 atom stereocenters. The first-order chi connectivity index (χ1) is 10.3. The third-order valence-electron chi connectivity index (χ3n) is 3.40. The fourth-order valence-electron chi connectivity index (χ4n) is 2.26. The van der Waals surface area contributed by atoms with Crippen LogP contribution in [0.4, 0.5) is 0 Å². The Bertz CT molecular complexity index is 378. The quantitative estimate of drug-likeness (QED) is 0.339. The van der Waals surface area contributed by atoms with Crippen LogP contribution in [0.2, 0.25) is 4.82 Å². The Balaban J connectivity index is 2.42. The normalized spacial score (nSPS) is 12.1. The second kappa shape index (κ2) is 11.8. The van der Waals surface area contributed by atoms with Gasteiger partial charge in [0, 0.05) is 0 Å². The van der Waals surface area contributed by atoms with Crippen molar-refractivity contribution < 1.29 is 9.53 Å². The second-order valence-corrected chi connectivity index (χ2v) is 8.13. The van der Waals surface area contributed by atoms with Gasteiger partial charge in [0.2, 0.25) is 0 Å². The van der Waals surface area contributed by atoms with E-state index < -0.39 is 0 Å². The molecule has 1 aromatic rings. The minimum absolute atomic E-state index is 0.0417. The summed E-state index contributed by atoms with van der Waals surface area (Å²) in [6, 6.07) is 10.7. The van der Waals surface area contributed by atoms with Gasteiger partial charge >= 0.3 is 135 Å². The van der Waals surface area contributed by atoms with E-state index in [1.165, 1.54) is 36.6 Å². The first-order valence-electron chi connectivity index (χ1n) is 8.13. The molecule has 0 N–H and O–H groups in total. The number of benzene rings is 1. The Hall–Kier alpha value is -0.791. The molecule has 0 fully saturated rings.